The lowest BCUT2D eigenvalue weighted by molar-refractivity contribution is -0.0781. The van der Waals surface area contributed by atoms with Crippen molar-refractivity contribution in [3.05, 3.63) is 12.4 Å². The second kappa shape index (κ2) is 4.33. The molecule has 0 bridgehead atoms. The molecule has 1 aliphatic rings. The highest BCUT2D eigenvalue weighted by atomic mass is 19.1. The van der Waals surface area contributed by atoms with Gasteiger partial charge >= 0.3 is 6.08 Å². The van der Waals surface area contributed by atoms with Gasteiger partial charge in [-0.1, -0.05) is 0 Å². The van der Waals surface area contributed by atoms with Crippen molar-refractivity contribution in [3.63, 3.8) is 0 Å². The van der Waals surface area contributed by atoms with Crippen LogP contribution in [0.25, 0.3) is 11.2 Å². The van der Waals surface area contributed by atoms with Gasteiger partial charge in [0.2, 0.25) is 0 Å². The van der Waals surface area contributed by atoms with Crippen molar-refractivity contribution in [3.8, 4) is 0 Å². The van der Waals surface area contributed by atoms with E-state index in [2.05, 4.69) is 15.0 Å². The van der Waals surface area contributed by atoms with Gasteiger partial charge in [0.05, 0.1) is 25.6 Å². The topological polar surface area (TPSA) is 119 Å². The molecular weight excluding hydrogens is 269 g/mol. The molecule has 2 aromatic rings. The summed E-state index contributed by atoms with van der Waals surface area (Å²) in [6.45, 7) is 1.42. The molecule has 0 amide bonds. The van der Waals surface area contributed by atoms with Crippen LogP contribution in [0.1, 0.15) is 13.0 Å². The standard InChI is InChI=1S/C11H14FN5O3/c1-11(3-18)7(19)5(2-20-11)17-4-14-6-8(13)15-10(12)16-9(6)17/h4-5,7,18-19H,2-3H2,1H3,(H2,13,15,16)/t5?,7-,11+/m0/s1. The molecule has 8 nitrogen and oxygen atoms in total. The fourth-order valence-electron chi connectivity index (χ4n) is 2.38. The molecule has 3 rings (SSSR count). The third-order valence-electron chi connectivity index (χ3n) is 3.67. The van der Waals surface area contributed by atoms with Gasteiger partial charge in [0, 0.05) is 0 Å². The van der Waals surface area contributed by atoms with Crippen LogP contribution in [0.15, 0.2) is 6.33 Å². The first-order chi connectivity index (χ1) is 9.46. The minimum Gasteiger partial charge on any atom is -0.393 e. The molecule has 4 N–H and O–H groups in total. The molecule has 1 aliphatic heterocycles. The van der Waals surface area contributed by atoms with Gasteiger partial charge in [0.15, 0.2) is 11.5 Å². The van der Waals surface area contributed by atoms with E-state index in [1.807, 2.05) is 0 Å². The number of imidazole rings is 1. The highest BCUT2D eigenvalue weighted by molar-refractivity contribution is 5.81. The van der Waals surface area contributed by atoms with E-state index in [1.54, 1.807) is 6.92 Å². The Bertz CT molecular complexity index is 663. The van der Waals surface area contributed by atoms with Gasteiger partial charge in [0.1, 0.15) is 17.2 Å². The van der Waals surface area contributed by atoms with Crippen LogP contribution in [0.5, 0.6) is 0 Å². The van der Waals surface area contributed by atoms with E-state index in [9.17, 15) is 14.6 Å². The summed E-state index contributed by atoms with van der Waals surface area (Å²) >= 11 is 0. The van der Waals surface area contributed by atoms with Crippen molar-refractivity contribution in [2.75, 3.05) is 18.9 Å². The van der Waals surface area contributed by atoms with Gasteiger partial charge in [-0.15, -0.1) is 0 Å². The summed E-state index contributed by atoms with van der Waals surface area (Å²) in [7, 11) is 0. The number of anilines is 1. The van der Waals surface area contributed by atoms with Gasteiger partial charge in [0.25, 0.3) is 0 Å². The zero-order valence-electron chi connectivity index (χ0n) is 10.7. The van der Waals surface area contributed by atoms with Crippen LogP contribution in [0.2, 0.25) is 0 Å². The van der Waals surface area contributed by atoms with Gasteiger partial charge in [-0.3, -0.25) is 0 Å². The predicted molar refractivity (Wildman–Crippen MR) is 66.2 cm³/mol. The number of rotatable bonds is 2. The lowest BCUT2D eigenvalue weighted by Gasteiger charge is -2.26. The highest BCUT2D eigenvalue weighted by Crippen LogP contribution is 2.34. The molecule has 1 saturated heterocycles. The normalized spacial score (nSPS) is 30.2. The van der Waals surface area contributed by atoms with E-state index in [-0.39, 0.29) is 30.2 Å². The van der Waals surface area contributed by atoms with E-state index in [0.29, 0.717) is 0 Å². The van der Waals surface area contributed by atoms with Crippen molar-refractivity contribution in [2.45, 2.75) is 24.7 Å². The van der Waals surface area contributed by atoms with E-state index in [0.717, 1.165) is 0 Å². The zero-order chi connectivity index (χ0) is 14.5. The molecule has 3 heterocycles. The predicted octanol–water partition coefficient (Wildman–Crippen LogP) is -0.769. The minimum atomic E-state index is -1.07. The number of halogens is 1. The van der Waals surface area contributed by atoms with E-state index < -0.39 is 23.8 Å². The average molecular weight is 283 g/mol. The molecule has 108 valence electrons. The Labute approximate surface area is 113 Å². The van der Waals surface area contributed by atoms with Crippen molar-refractivity contribution in [1.82, 2.24) is 19.5 Å². The summed E-state index contributed by atoms with van der Waals surface area (Å²) in [6, 6.07) is -0.536. The van der Waals surface area contributed by atoms with E-state index in [1.165, 1.54) is 10.9 Å². The van der Waals surface area contributed by atoms with E-state index >= 15 is 0 Å². The van der Waals surface area contributed by atoms with Crippen LogP contribution >= 0.6 is 0 Å². The molecule has 0 spiro atoms. The lowest BCUT2D eigenvalue weighted by atomic mass is 9.97. The Balaban J connectivity index is 2.08. The number of aliphatic hydroxyl groups is 2. The number of ether oxygens (including phenoxy) is 1. The van der Waals surface area contributed by atoms with Gasteiger partial charge in [-0.25, -0.2) is 4.98 Å². The average Bonchev–Trinajstić information content (AvgIpc) is 2.93. The molecule has 1 fully saturated rings. The fraction of sp³-hybridized carbons (Fsp3) is 0.545. The molecule has 0 aliphatic carbocycles. The second-order valence-corrected chi connectivity index (χ2v) is 5.00. The molecule has 2 aromatic heterocycles. The number of nitrogens with two attached hydrogens (primary N) is 1. The number of fused-ring (bicyclic) bond motifs is 1. The Morgan fingerprint density at radius 2 is 2.35 bits per heavy atom. The summed E-state index contributed by atoms with van der Waals surface area (Å²) in [4.78, 5) is 11.1. The Hall–Kier alpha value is -1.84. The van der Waals surface area contributed by atoms with Crippen molar-refractivity contribution >= 4 is 17.0 Å². The second-order valence-electron chi connectivity index (χ2n) is 5.00. The van der Waals surface area contributed by atoms with Gasteiger partial charge < -0.3 is 25.3 Å². The largest absolute Gasteiger partial charge is 0.393 e. The first-order valence-electron chi connectivity index (χ1n) is 6.04. The first kappa shape index (κ1) is 13.2. The maximum Gasteiger partial charge on any atom is 0.312 e. The first-order valence-corrected chi connectivity index (χ1v) is 6.04. The monoisotopic (exact) mass is 283 g/mol. The number of hydrogen-bond donors (Lipinski definition) is 3. The maximum absolute atomic E-state index is 13.3. The summed E-state index contributed by atoms with van der Waals surface area (Å²) in [5, 5.41) is 19.6. The smallest absolute Gasteiger partial charge is 0.312 e. The van der Waals surface area contributed by atoms with E-state index in [4.69, 9.17) is 10.5 Å². The van der Waals surface area contributed by atoms with Gasteiger partial charge in [-0.05, 0) is 6.92 Å². The maximum atomic E-state index is 13.3. The van der Waals surface area contributed by atoms with Crippen LogP contribution < -0.4 is 5.73 Å². The van der Waals surface area contributed by atoms with Crippen LogP contribution in [-0.2, 0) is 4.74 Å². The molecule has 0 radical (unpaired) electrons. The third-order valence-corrected chi connectivity index (χ3v) is 3.67. The number of hydrogen-bond acceptors (Lipinski definition) is 7. The summed E-state index contributed by atoms with van der Waals surface area (Å²) < 4.78 is 20.2. The lowest BCUT2D eigenvalue weighted by Crippen LogP contribution is -2.42. The molecule has 0 saturated carbocycles. The quantitative estimate of drug-likeness (QED) is 0.619. The van der Waals surface area contributed by atoms with Crippen molar-refractivity contribution < 1.29 is 19.3 Å². The Morgan fingerprint density at radius 3 is 3.00 bits per heavy atom. The molecule has 9 heteroatoms. The van der Waals surface area contributed by atoms with Crippen LogP contribution in [-0.4, -0.2) is 54.7 Å². The molecule has 20 heavy (non-hydrogen) atoms. The number of nitrogen functional groups attached to an aromatic ring is 1. The molecule has 0 aromatic carbocycles. The summed E-state index contributed by atoms with van der Waals surface area (Å²) in [5.41, 5.74) is 4.96. The number of aromatic nitrogens is 4. The Morgan fingerprint density at radius 1 is 1.60 bits per heavy atom. The highest BCUT2D eigenvalue weighted by Gasteiger charge is 2.46. The van der Waals surface area contributed by atoms with Crippen LogP contribution in [0.4, 0.5) is 10.2 Å². The molecule has 3 atom stereocenters. The molecule has 1 unspecified atom stereocenters. The zero-order valence-corrected chi connectivity index (χ0v) is 10.7. The summed E-state index contributed by atoms with van der Waals surface area (Å²) in [6.07, 6.45) is -0.547. The van der Waals surface area contributed by atoms with Crippen molar-refractivity contribution in [1.29, 1.82) is 0 Å². The third kappa shape index (κ3) is 1.74. The number of nitrogens with zero attached hydrogens (tertiary/aromatic N) is 4. The van der Waals surface area contributed by atoms with Crippen LogP contribution in [0.3, 0.4) is 0 Å². The number of aliphatic hydroxyl groups excluding tert-OH is 2. The molecular formula is C11H14FN5O3. The van der Waals surface area contributed by atoms with Crippen LogP contribution in [0, 0.1) is 6.08 Å². The minimum absolute atomic E-state index is 0.0652. The van der Waals surface area contributed by atoms with Gasteiger partial charge in [-0.2, -0.15) is 14.4 Å². The summed E-state index contributed by atoms with van der Waals surface area (Å²) in [5.74, 6) is -0.0652. The Kier molecular flexibility index (Phi) is 2.85. The fourth-order valence-corrected chi connectivity index (χ4v) is 2.38. The van der Waals surface area contributed by atoms with Crippen molar-refractivity contribution in [2.24, 2.45) is 0 Å². The SMILES string of the molecule is C[C@]1(CO)OCC(n2cnc3c(N)nc(F)nc32)[C@@H]1O.